The van der Waals surface area contributed by atoms with Gasteiger partial charge in [0.05, 0.1) is 18.8 Å². The number of aliphatic carboxylic acids is 1. The number of aliphatic hydroxyl groups is 1. The van der Waals surface area contributed by atoms with Crippen LogP contribution in [0.15, 0.2) is 12.2 Å². The van der Waals surface area contributed by atoms with Gasteiger partial charge in [0.15, 0.2) is 0 Å². The van der Waals surface area contributed by atoms with Crippen LogP contribution in [0.25, 0.3) is 0 Å². The average Bonchev–Trinajstić information content (AvgIpc) is 2.93. The van der Waals surface area contributed by atoms with Gasteiger partial charge in [-0.3, -0.25) is 0 Å². The van der Waals surface area contributed by atoms with Gasteiger partial charge in [0.2, 0.25) is 0 Å². The molecule has 18 heavy (non-hydrogen) atoms. The highest BCUT2D eigenvalue weighted by Crippen LogP contribution is 2.44. The van der Waals surface area contributed by atoms with Gasteiger partial charge < -0.3 is 19.7 Å². The van der Waals surface area contributed by atoms with E-state index in [0.29, 0.717) is 19.1 Å². The lowest BCUT2D eigenvalue weighted by Gasteiger charge is -2.26. The molecular weight excluding hydrogens is 236 g/mol. The van der Waals surface area contributed by atoms with Crippen LogP contribution in [0.5, 0.6) is 0 Å². The molecule has 2 saturated heterocycles. The minimum Gasteiger partial charge on any atom is -0.478 e. The van der Waals surface area contributed by atoms with E-state index in [1.54, 1.807) is 0 Å². The fraction of sp³-hybridized carbons (Fsp3) is 0.769. The van der Waals surface area contributed by atoms with Crippen molar-refractivity contribution in [3.05, 3.63) is 12.2 Å². The Morgan fingerprint density at radius 2 is 2.06 bits per heavy atom. The summed E-state index contributed by atoms with van der Waals surface area (Å²) >= 11 is 0. The highest BCUT2D eigenvalue weighted by Gasteiger charge is 2.47. The molecule has 0 aromatic rings. The largest absolute Gasteiger partial charge is 0.478 e. The topological polar surface area (TPSA) is 76.0 Å². The number of ether oxygens (including phenoxy) is 2. The number of carbonyl (C=O) groups is 1. The summed E-state index contributed by atoms with van der Waals surface area (Å²) in [6.45, 7) is 1.08. The van der Waals surface area contributed by atoms with Crippen molar-refractivity contribution in [3.8, 4) is 0 Å². The van der Waals surface area contributed by atoms with Gasteiger partial charge in [0.25, 0.3) is 0 Å². The Bertz CT molecular complexity index is 315. The first-order valence-corrected chi connectivity index (χ1v) is 6.46. The molecule has 4 atom stereocenters. The Morgan fingerprint density at radius 1 is 1.33 bits per heavy atom. The molecule has 0 spiro atoms. The predicted molar refractivity (Wildman–Crippen MR) is 64.2 cm³/mol. The molecule has 2 heterocycles. The molecule has 2 aliphatic heterocycles. The second kappa shape index (κ2) is 6.31. The third-order valence-corrected chi connectivity index (χ3v) is 3.87. The van der Waals surface area contributed by atoms with Gasteiger partial charge in [-0.05, 0) is 25.2 Å². The molecule has 0 aromatic heterocycles. The van der Waals surface area contributed by atoms with E-state index in [1.165, 1.54) is 6.08 Å². The number of aliphatic hydroxyl groups excluding tert-OH is 1. The molecule has 2 fully saturated rings. The number of rotatable bonds is 7. The molecular formula is C13H20O5. The van der Waals surface area contributed by atoms with Crippen molar-refractivity contribution < 1.29 is 24.5 Å². The van der Waals surface area contributed by atoms with Gasteiger partial charge in [0.1, 0.15) is 0 Å². The number of hydrogen-bond donors (Lipinski definition) is 2. The smallest absolute Gasteiger partial charge is 0.328 e. The quantitative estimate of drug-likeness (QED) is 0.521. The molecule has 5 nitrogen and oxygen atoms in total. The van der Waals surface area contributed by atoms with Gasteiger partial charge in [-0.1, -0.05) is 6.08 Å². The summed E-state index contributed by atoms with van der Waals surface area (Å²) in [6, 6.07) is 0. The van der Waals surface area contributed by atoms with E-state index in [9.17, 15) is 9.90 Å². The summed E-state index contributed by atoms with van der Waals surface area (Å²) in [7, 11) is 0. The molecule has 5 heteroatoms. The van der Waals surface area contributed by atoms with Crippen molar-refractivity contribution in [1.82, 2.24) is 0 Å². The summed E-state index contributed by atoms with van der Waals surface area (Å²) in [5, 5.41) is 17.8. The van der Waals surface area contributed by atoms with Crippen molar-refractivity contribution in [1.29, 1.82) is 0 Å². The Morgan fingerprint density at radius 3 is 2.72 bits per heavy atom. The number of carboxylic acid groups (broad SMARTS) is 1. The molecule has 2 N–H and O–H groups in total. The lowest BCUT2D eigenvalue weighted by atomic mass is 9.78. The Labute approximate surface area is 106 Å². The predicted octanol–water partition coefficient (Wildman–Crippen LogP) is 0.820. The first-order valence-electron chi connectivity index (χ1n) is 6.46. The zero-order valence-corrected chi connectivity index (χ0v) is 10.3. The summed E-state index contributed by atoms with van der Waals surface area (Å²) in [4.78, 5) is 10.2. The lowest BCUT2D eigenvalue weighted by Crippen LogP contribution is -2.30. The Hall–Kier alpha value is -0.910. The fourth-order valence-corrected chi connectivity index (χ4v) is 3.04. The van der Waals surface area contributed by atoms with Crippen LogP contribution in [0, 0.1) is 11.8 Å². The number of fused-ring (bicyclic) bond motifs is 2. The zero-order valence-electron chi connectivity index (χ0n) is 10.3. The van der Waals surface area contributed by atoms with E-state index >= 15 is 0 Å². The van der Waals surface area contributed by atoms with Crippen molar-refractivity contribution in [2.75, 3.05) is 19.8 Å². The molecule has 2 bridgehead atoms. The molecule has 0 aliphatic carbocycles. The highest BCUT2D eigenvalue weighted by molar-refractivity contribution is 5.79. The van der Waals surface area contributed by atoms with E-state index in [2.05, 4.69) is 0 Å². The standard InChI is InChI=1S/C13H20O5/c14-8-10-9(11-3-4-12(10)18-11)5-7-17-6-1-2-13(15)16/h1-2,9-12,14H,3-8H2,(H,15,16)/t9-,10+,11-,12+/m1/s1. The summed E-state index contributed by atoms with van der Waals surface area (Å²) < 4.78 is 11.1. The maximum absolute atomic E-state index is 10.2. The second-order valence-corrected chi connectivity index (χ2v) is 4.90. The van der Waals surface area contributed by atoms with Crippen LogP contribution < -0.4 is 0 Å². The second-order valence-electron chi connectivity index (χ2n) is 4.90. The molecule has 0 saturated carbocycles. The van der Waals surface area contributed by atoms with Crippen molar-refractivity contribution in [2.24, 2.45) is 11.8 Å². The van der Waals surface area contributed by atoms with Crippen LogP contribution >= 0.6 is 0 Å². The molecule has 2 aliphatic rings. The third-order valence-electron chi connectivity index (χ3n) is 3.87. The molecule has 2 rings (SSSR count). The van der Waals surface area contributed by atoms with E-state index in [0.717, 1.165) is 25.3 Å². The minimum absolute atomic E-state index is 0.185. The molecule has 0 unspecified atom stereocenters. The average molecular weight is 256 g/mol. The molecule has 0 amide bonds. The van der Waals surface area contributed by atoms with Crippen LogP contribution in [-0.4, -0.2) is 48.2 Å². The fourth-order valence-electron chi connectivity index (χ4n) is 3.04. The van der Waals surface area contributed by atoms with Gasteiger partial charge in [0, 0.05) is 25.2 Å². The van der Waals surface area contributed by atoms with Crippen molar-refractivity contribution in [2.45, 2.75) is 31.5 Å². The van der Waals surface area contributed by atoms with Crippen LogP contribution in [0.1, 0.15) is 19.3 Å². The van der Waals surface area contributed by atoms with Crippen LogP contribution in [0.2, 0.25) is 0 Å². The molecule has 0 aromatic carbocycles. The van der Waals surface area contributed by atoms with E-state index in [1.807, 2.05) is 0 Å². The van der Waals surface area contributed by atoms with Crippen molar-refractivity contribution >= 4 is 5.97 Å². The summed E-state index contributed by atoms with van der Waals surface area (Å²) in [5.74, 6) is -0.320. The Kier molecular flexibility index (Phi) is 4.74. The highest BCUT2D eigenvalue weighted by atomic mass is 16.5. The lowest BCUT2D eigenvalue weighted by molar-refractivity contribution is -0.131. The minimum atomic E-state index is -0.958. The SMILES string of the molecule is O=C(O)C=CCOCC[C@@H]1[C@H](CO)[C@@H]2CC[C@H]1O2. The maximum atomic E-state index is 10.2. The van der Waals surface area contributed by atoms with E-state index in [-0.39, 0.29) is 24.7 Å². The first kappa shape index (κ1) is 13.5. The van der Waals surface area contributed by atoms with E-state index < -0.39 is 5.97 Å². The van der Waals surface area contributed by atoms with E-state index in [4.69, 9.17) is 14.6 Å². The van der Waals surface area contributed by atoms with Crippen LogP contribution in [0.3, 0.4) is 0 Å². The van der Waals surface area contributed by atoms with Gasteiger partial charge in [-0.2, -0.15) is 0 Å². The Balaban J connectivity index is 1.66. The van der Waals surface area contributed by atoms with Crippen LogP contribution in [0.4, 0.5) is 0 Å². The van der Waals surface area contributed by atoms with Gasteiger partial charge >= 0.3 is 5.97 Å². The number of hydrogen-bond acceptors (Lipinski definition) is 4. The zero-order chi connectivity index (χ0) is 13.0. The van der Waals surface area contributed by atoms with Crippen molar-refractivity contribution in [3.63, 3.8) is 0 Å². The monoisotopic (exact) mass is 256 g/mol. The third kappa shape index (κ3) is 3.10. The summed E-state index contributed by atoms with van der Waals surface area (Å²) in [6.07, 6.45) is 6.11. The maximum Gasteiger partial charge on any atom is 0.328 e. The van der Waals surface area contributed by atoms with Crippen LogP contribution in [-0.2, 0) is 14.3 Å². The normalized spacial score (nSPS) is 34.5. The van der Waals surface area contributed by atoms with Gasteiger partial charge in [-0.15, -0.1) is 0 Å². The summed E-state index contributed by atoms with van der Waals surface area (Å²) in [5.41, 5.74) is 0. The first-order chi connectivity index (χ1) is 8.72. The molecule has 0 radical (unpaired) electrons. The molecule has 102 valence electrons. The van der Waals surface area contributed by atoms with Gasteiger partial charge in [-0.25, -0.2) is 4.79 Å². The number of carboxylic acids is 1.